The smallest absolute Gasteiger partial charge is 0.337 e. The third-order valence-electron chi connectivity index (χ3n) is 3.90. The zero-order valence-electron chi connectivity index (χ0n) is 13.7. The Labute approximate surface area is 157 Å². The van der Waals surface area contributed by atoms with E-state index >= 15 is 0 Å². The maximum atomic E-state index is 12.9. The molecule has 3 aromatic rings. The molecule has 2 aromatic carbocycles. The molecule has 4 rings (SSSR count). The molecule has 11 heteroatoms. The first kappa shape index (κ1) is 17.5. The number of carboxylic acid groups (broad SMARTS) is 1. The first-order valence-corrected chi connectivity index (χ1v) is 10.1. The van der Waals surface area contributed by atoms with Crippen molar-refractivity contribution in [1.29, 1.82) is 0 Å². The number of nitrogens with zero attached hydrogens (tertiary/aromatic N) is 2. The minimum Gasteiger partial charge on any atom is -0.490 e. The van der Waals surface area contributed by atoms with Crippen molar-refractivity contribution in [2.45, 2.75) is 11.3 Å². The number of aromatic nitrogens is 2. The van der Waals surface area contributed by atoms with Crippen molar-refractivity contribution in [3.8, 4) is 11.5 Å². The summed E-state index contributed by atoms with van der Waals surface area (Å²) in [5.41, 5.74) is 0.305. The van der Waals surface area contributed by atoms with E-state index in [1.807, 2.05) is 0 Å². The van der Waals surface area contributed by atoms with Crippen LogP contribution in [-0.4, -0.2) is 41.5 Å². The molecule has 0 amide bonds. The third kappa shape index (κ3) is 3.26. The highest BCUT2D eigenvalue weighted by atomic mass is 32.2. The molecule has 1 aliphatic rings. The topological polar surface area (TPSA) is 128 Å². The molecule has 0 fully saturated rings. The molecule has 9 nitrogen and oxygen atoms in total. The Morgan fingerprint density at radius 3 is 2.63 bits per heavy atom. The van der Waals surface area contributed by atoms with Gasteiger partial charge in [-0.2, -0.15) is 8.75 Å². The predicted octanol–water partition coefficient (Wildman–Crippen LogP) is 2.35. The number of rotatable bonds is 4. The summed E-state index contributed by atoms with van der Waals surface area (Å²) < 4.78 is 47.1. The first-order valence-electron chi connectivity index (χ1n) is 7.87. The number of ether oxygens (including phenoxy) is 2. The summed E-state index contributed by atoms with van der Waals surface area (Å²) in [6.45, 7) is 0.769. The van der Waals surface area contributed by atoms with E-state index in [9.17, 15) is 18.3 Å². The highest BCUT2D eigenvalue weighted by Gasteiger charge is 2.25. The van der Waals surface area contributed by atoms with E-state index in [1.165, 1.54) is 18.2 Å². The summed E-state index contributed by atoms with van der Waals surface area (Å²) in [6.07, 6.45) is 0.636. The monoisotopic (exact) mass is 407 g/mol. The number of nitrogens with one attached hydrogen (secondary N) is 1. The number of anilines is 1. The average molecular weight is 407 g/mol. The van der Waals surface area contributed by atoms with Gasteiger partial charge in [0, 0.05) is 18.6 Å². The third-order valence-corrected chi connectivity index (χ3v) is 5.84. The van der Waals surface area contributed by atoms with Gasteiger partial charge in [0.25, 0.3) is 10.0 Å². The number of hydrogen-bond donors (Lipinski definition) is 2. The molecule has 0 atom stereocenters. The second kappa shape index (κ2) is 6.67. The van der Waals surface area contributed by atoms with Crippen LogP contribution in [0.1, 0.15) is 16.8 Å². The molecule has 0 aliphatic carbocycles. The second-order valence-electron chi connectivity index (χ2n) is 5.69. The molecular weight excluding hydrogens is 394 g/mol. The van der Waals surface area contributed by atoms with Gasteiger partial charge in [0.2, 0.25) is 0 Å². The Kier molecular flexibility index (Phi) is 4.32. The lowest BCUT2D eigenvalue weighted by molar-refractivity contribution is 0.0697. The molecule has 140 valence electrons. The van der Waals surface area contributed by atoms with Gasteiger partial charge < -0.3 is 14.6 Å². The van der Waals surface area contributed by atoms with Crippen LogP contribution in [0.3, 0.4) is 0 Å². The molecule has 1 aliphatic heterocycles. The molecule has 0 bridgehead atoms. The molecule has 0 radical (unpaired) electrons. The lowest BCUT2D eigenvalue weighted by Gasteiger charge is -2.14. The SMILES string of the molecule is O=C(O)c1cc2c(cc1NS(=O)(=O)c1cccc3nsnc13)OCCCO2. The molecular formula is C16H13N3O6S2. The fourth-order valence-electron chi connectivity index (χ4n) is 2.67. The minimum atomic E-state index is -4.11. The molecule has 0 saturated carbocycles. The fraction of sp³-hybridized carbons (Fsp3) is 0.188. The molecule has 0 spiro atoms. The number of benzene rings is 2. The number of fused-ring (bicyclic) bond motifs is 2. The summed E-state index contributed by atoms with van der Waals surface area (Å²) in [6, 6.07) is 7.15. The van der Waals surface area contributed by atoms with Crippen LogP contribution < -0.4 is 14.2 Å². The Balaban J connectivity index is 1.80. The molecule has 0 unspecified atom stereocenters. The quantitative estimate of drug-likeness (QED) is 0.675. The van der Waals surface area contributed by atoms with E-state index in [2.05, 4.69) is 13.5 Å². The number of aromatic carboxylic acids is 1. The van der Waals surface area contributed by atoms with Gasteiger partial charge in [0.15, 0.2) is 11.5 Å². The van der Waals surface area contributed by atoms with Crippen molar-refractivity contribution in [3.05, 3.63) is 35.9 Å². The molecule has 1 aromatic heterocycles. The van der Waals surface area contributed by atoms with Crippen molar-refractivity contribution in [2.24, 2.45) is 0 Å². The van der Waals surface area contributed by atoms with Crippen molar-refractivity contribution in [1.82, 2.24) is 8.75 Å². The lowest BCUT2D eigenvalue weighted by atomic mass is 10.1. The van der Waals surface area contributed by atoms with E-state index in [0.29, 0.717) is 25.2 Å². The van der Waals surface area contributed by atoms with E-state index in [0.717, 1.165) is 11.7 Å². The molecule has 27 heavy (non-hydrogen) atoms. The maximum absolute atomic E-state index is 12.9. The van der Waals surface area contributed by atoms with Gasteiger partial charge in [0.05, 0.1) is 36.2 Å². The van der Waals surface area contributed by atoms with Crippen LogP contribution in [0.25, 0.3) is 11.0 Å². The number of sulfonamides is 1. The van der Waals surface area contributed by atoms with Crippen LogP contribution in [-0.2, 0) is 10.0 Å². The Bertz CT molecular complexity index is 1140. The summed E-state index contributed by atoms with van der Waals surface area (Å²) in [7, 11) is -4.11. The van der Waals surface area contributed by atoms with Gasteiger partial charge >= 0.3 is 5.97 Å². The van der Waals surface area contributed by atoms with Gasteiger partial charge in [-0.1, -0.05) is 6.07 Å². The number of carbonyl (C=O) groups is 1. The molecule has 2 N–H and O–H groups in total. The highest BCUT2D eigenvalue weighted by Crippen LogP contribution is 2.36. The van der Waals surface area contributed by atoms with Crippen LogP contribution in [0.15, 0.2) is 35.2 Å². The second-order valence-corrected chi connectivity index (χ2v) is 7.87. The van der Waals surface area contributed by atoms with E-state index in [-0.39, 0.29) is 33.2 Å². The van der Waals surface area contributed by atoms with Gasteiger partial charge in [-0.05, 0) is 12.1 Å². The van der Waals surface area contributed by atoms with Crippen LogP contribution >= 0.6 is 11.7 Å². The lowest BCUT2D eigenvalue weighted by Crippen LogP contribution is -2.16. The Morgan fingerprint density at radius 1 is 1.15 bits per heavy atom. The summed E-state index contributed by atoms with van der Waals surface area (Å²) in [5.74, 6) is -0.751. The largest absolute Gasteiger partial charge is 0.490 e. The van der Waals surface area contributed by atoms with Crippen LogP contribution in [0.5, 0.6) is 11.5 Å². The number of carboxylic acids is 1. The number of hydrogen-bond acceptors (Lipinski definition) is 8. The van der Waals surface area contributed by atoms with Gasteiger partial charge in [-0.3, -0.25) is 4.72 Å². The normalized spacial score (nSPS) is 13.9. The fourth-order valence-corrected chi connectivity index (χ4v) is 4.51. The van der Waals surface area contributed by atoms with Gasteiger partial charge in [-0.25, -0.2) is 13.2 Å². The maximum Gasteiger partial charge on any atom is 0.337 e. The first-order chi connectivity index (χ1) is 13.0. The summed E-state index contributed by atoms with van der Waals surface area (Å²) in [4.78, 5) is 11.5. The van der Waals surface area contributed by atoms with E-state index in [1.54, 1.807) is 12.1 Å². The van der Waals surface area contributed by atoms with Crippen LogP contribution in [0.2, 0.25) is 0 Å². The summed E-state index contributed by atoms with van der Waals surface area (Å²) in [5, 5.41) is 9.49. The van der Waals surface area contributed by atoms with Crippen molar-refractivity contribution in [3.63, 3.8) is 0 Å². The molecule has 2 heterocycles. The van der Waals surface area contributed by atoms with E-state index in [4.69, 9.17) is 9.47 Å². The van der Waals surface area contributed by atoms with Gasteiger partial charge in [-0.15, -0.1) is 0 Å². The zero-order chi connectivity index (χ0) is 19.0. The average Bonchev–Trinajstić information content (AvgIpc) is 2.99. The Morgan fingerprint density at radius 2 is 1.89 bits per heavy atom. The zero-order valence-corrected chi connectivity index (χ0v) is 15.3. The summed E-state index contributed by atoms with van der Waals surface area (Å²) >= 11 is 0.896. The van der Waals surface area contributed by atoms with Gasteiger partial charge in [0.1, 0.15) is 15.9 Å². The Hall–Kier alpha value is -2.92. The van der Waals surface area contributed by atoms with E-state index < -0.39 is 16.0 Å². The standard InChI is InChI=1S/C16H13N3O6S2/c20-16(21)9-7-12-13(25-6-2-5-24-12)8-11(9)19-27(22,23)14-4-1-3-10-15(14)18-26-17-10/h1,3-4,7-8,19H,2,5-6H2,(H,20,21). The minimum absolute atomic E-state index is 0.0859. The predicted molar refractivity (Wildman–Crippen MR) is 97.2 cm³/mol. The molecule has 0 saturated heterocycles. The van der Waals surface area contributed by atoms with Crippen molar-refractivity contribution in [2.75, 3.05) is 17.9 Å². The van der Waals surface area contributed by atoms with Crippen molar-refractivity contribution >= 4 is 44.4 Å². The van der Waals surface area contributed by atoms with Crippen molar-refractivity contribution < 1.29 is 27.8 Å². The van der Waals surface area contributed by atoms with Crippen LogP contribution in [0.4, 0.5) is 5.69 Å². The highest BCUT2D eigenvalue weighted by molar-refractivity contribution is 7.93. The van der Waals surface area contributed by atoms with Crippen LogP contribution in [0, 0.1) is 0 Å².